The summed E-state index contributed by atoms with van der Waals surface area (Å²) in [7, 11) is 1.59. The normalized spacial score (nSPS) is 9.50. The molecule has 0 spiro atoms. The highest BCUT2D eigenvalue weighted by molar-refractivity contribution is 7.14. The van der Waals surface area contributed by atoms with Gasteiger partial charge in [-0.1, -0.05) is 0 Å². The van der Waals surface area contributed by atoms with Crippen LogP contribution in [0.25, 0.3) is 0 Å². The summed E-state index contributed by atoms with van der Waals surface area (Å²) in [6.45, 7) is 1.90. The van der Waals surface area contributed by atoms with Gasteiger partial charge in [-0.15, -0.1) is 11.3 Å². The molecule has 1 aromatic rings. The number of nitrogens with zero attached hydrogens (tertiary/aromatic N) is 1. The van der Waals surface area contributed by atoms with Crippen LogP contribution in [0.1, 0.15) is 5.56 Å². The number of hydrogen-bond acceptors (Lipinski definition) is 3. The molecule has 0 radical (unpaired) electrons. The van der Waals surface area contributed by atoms with Gasteiger partial charge in [-0.05, 0) is 23.9 Å². The van der Waals surface area contributed by atoms with Crippen molar-refractivity contribution in [3.8, 4) is 0 Å². The summed E-state index contributed by atoms with van der Waals surface area (Å²) in [6, 6.07) is 1.91. The van der Waals surface area contributed by atoms with Crippen LogP contribution in [0.15, 0.2) is 11.4 Å². The van der Waals surface area contributed by atoms with Gasteiger partial charge in [0.1, 0.15) is 5.00 Å². The van der Waals surface area contributed by atoms with Crippen molar-refractivity contribution in [3.63, 3.8) is 0 Å². The lowest BCUT2D eigenvalue weighted by Gasteiger charge is -2.11. The molecule has 0 aliphatic rings. The van der Waals surface area contributed by atoms with Gasteiger partial charge in [-0.3, -0.25) is 9.59 Å². The third-order valence-corrected chi connectivity index (χ3v) is 2.66. The smallest absolute Gasteiger partial charge is 0.291 e. The monoisotopic (exact) mass is 183 g/mol. The van der Waals surface area contributed by atoms with E-state index in [0.29, 0.717) is 6.29 Å². The highest BCUT2D eigenvalue weighted by Gasteiger charge is 2.12. The molecule has 0 aromatic carbocycles. The Balaban J connectivity index is 2.91. The van der Waals surface area contributed by atoms with Gasteiger partial charge in [0.05, 0.1) is 0 Å². The summed E-state index contributed by atoms with van der Waals surface area (Å²) in [4.78, 5) is 22.4. The highest BCUT2D eigenvalue weighted by atomic mass is 32.1. The van der Waals surface area contributed by atoms with Crippen molar-refractivity contribution in [3.05, 3.63) is 17.0 Å². The minimum atomic E-state index is -0.513. The average molecular weight is 183 g/mol. The first-order valence-corrected chi connectivity index (χ1v) is 4.31. The average Bonchev–Trinajstić information content (AvgIpc) is 2.48. The molecule has 4 heteroatoms. The lowest BCUT2D eigenvalue weighted by Crippen LogP contribution is -2.26. The number of aldehydes is 1. The Kier molecular flexibility index (Phi) is 2.60. The zero-order valence-electron chi connectivity index (χ0n) is 6.90. The van der Waals surface area contributed by atoms with Crippen LogP contribution in [-0.2, 0) is 9.59 Å². The predicted molar refractivity (Wildman–Crippen MR) is 48.5 cm³/mol. The van der Waals surface area contributed by atoms with E-state index in [9.17, 15) is 9.59 Å². The summed E-state index contributed by atoms with van der Waals surface area (Å²) in [5.74, 6) is -0.513. The van der Waals surface area contributed by atoms with E-state index in [0.717, 1.165) is 10.6 Å². The Bertz CT molecular complexity index is 306. The molecule has 0 bridgehead atoms. The Hall–Kier alpha value is -1.16. The molecule has 0 unspecified atom stereocenters. The van der Waals surface area contributed by atoms with Crippen LogP contribution in [0.2, 0.25) is 0 Å². The zero-order chi connectivity index (χ0) is 9.14. The maximum absolute atomic E-state index is 10.9. The Morgan fingerprint density at radius 1 is 1.67 bits per heavy atom. The van der Waals surface area contributed by atoms with Crippen molar-refractivity contribution in [1.82, 2.24) is 0 Å². The summed E-state index contributed by atoms with van der Waals surface area (Å²) < 4.78 is 0. The number of carbonyl (C=O) groups is 2. The van der Waals surface area contributed by atoms with E-state index in [1.54, 1.807) is 7.05 Å². The lowest BCUT2D eigenvalue weighted by molar-refractivity contribution is -0.129. The standard InChI is InChI=1S/C8H9NO2S/c1-6-3-4-12-8(6)9(2)7(11)5-10/h3-5H,1-2H3. The predicted octanol–water partition coefficient (Wildman–Crippen LogP) is 1.22. The zero-order valence-corrected chi connectivity index (χ0v) is 7.72. The van der Waals surface area contributed by atoms with Crippen LogP contribution in [-0.4, -0.2) is 19.2 Å². The molecule has 0 aliphatic heterocycles. The third-order valence-electron chi connectivity index (χ3n) is 1.57. The van der Waals surface area contributed by atoms with E-state index in [4.69, 9.17) is 0 Å². The van der Waals surface area contributed by atoms with Crippen molar-refractivity contribution in [2.24, 2.45) is 0 Å². The van der Waals surface area contributed by atoms with Gasteiger partial charge in [-0.25, -0.2) is 0 Å². The van der Waals surface area contributed by atoms with Crippen LogP contribution in [0.3, 0.4) is 0 Å². The van der Waals surface area contributed by atoms with Crippen LogP contribution < -0.4 is 4.90 Å². The molecule has 1 aromatic heterocycles. The fraction of sp³-hybridized carbons (Fsp3) is 0.250. The molecule has 0 fully saturated rings. The molecule has 0 saturated heterocycles. The van der Waals surface area contributed by atoms with E-state index in [2.05, 4.69) is 0 Å². The Morgan fingerprint density at radius 3 is 2.75 bits per heavy atom. The molecule has 0 aliphatic carbocycles. The van der Waals surface area contributed by atoms with Crippen LogP contribution in [0.4, 0.5) is 5.00 Å². The maximum atomic E-state index is 10.9. The SMILES string of the molecule is Cc1ccsc1N(C)C(=O)C=O. The molecule has 3 nitrogen and oxygen atoms in total. The van der Waals surface area contributed by atoms with Gasteiger partial charge < -0.3 is 4.90 Å². The molecule has 0 saturated carbocycles. The van der Waals surface area contributed by atoms with E-state index in [1.807, 2.05) is 18.4 Å². The second kappa shape index (κ2) is 3.49. The fourth-order valence-corrected chi connectivity index (χ4v) is 1.79. The van der Waals surface area contributed by atoms with Crippen molar-refractivity contribution in [1.29, 1.82) is 0 Å². The first-order chi connectivity index (χ1) is 5.66. The first kappa shape index (κ1) is 8.93. The second-order valence-corrected chi connectivity index (χ2v) is 3.32. The van der Waals surface area contributed by atoms with Crippen LogP contribution >= 0.6 is 11.3 Å². The minimum absolute atomic E-state index is 0.319. The van der Waals surface area contributed by atoms with Crippen molar-refractivity contribution in [2.75, 3.05) is 11.9 Å². The van der Waals surface area contributed by atoms with Gasteiger partial charge in [0.2, 0.25) is 6.29 Å². The number of aryl methyl sites for hydroxylation is 1. The maximum Gasteiger partial charge on any atom is 0.291 e. The van der Waals surface area contributed by atoms with E-state index in [1.165, 1.54) is 16.2 Å². The van der Waals surface area contributed by atoms with Crippen LogP contribution in [0.5, 0.6) is 0 Å². The molecular weight excluding hydrogens is 174 g/mol. The fourth-order valence-electron chi connectivity index (χ4n) is 0.887. The second-order valence-electron chi connectivity index (χ2n) is 2.42. The van der Waals surface area contributed by atoms with Gasteiger partial charge in [0, 0.05) is 7.05 Å². The molecule has 0 N–H and O–H groups in total. The third kappa shape index (κ3) is 1.53. The topological polar surface area (TPSA) is 37.4 Å². The molecule has 64 valence electrons. The number of thiophene rings is 1. The molecule has 1 heterocycles. The lowest BCUT2D eigenvalue weighted by atomic mass is 10.3. The van der Waals surface area contributed by atoms with Crippen LogP contribution in [0, 0.1) is 6.92 Å². The number of amides is 1. The number of carbonyl (C=O) groups excluding carboxylic acids is 2. The van der Waals surface area contributed by atoms with Gasteiger partial charge in [-0.2, -0.15) is 0 Å². The van der Waals surface area contributed by atoms with E-state index < -0.39 is 5.91 Å². The van der Waals surface area contributed by atoms with E-state index in [-0.39, 0.29) is 0 Å². The largest absolute Gasteiger partial charge is 0.300 e. The Morgan fingerprint density at radius 2 is 2.33 bits per heavy atom. The quantitative estimate of drug-likeness (QED) is 0.510. The van der Waals surface area contributed by atoms with Gasteiger partial charge >= 0.3 is 0 Å². The van der Waals surface area contributed by atoms with Crippen molar-refractivity contribution >= 4 is 28.5 Å². The number of likely N-dealkylation sites (N-methyl/N-ethyl adjacent to an activating group) is 1. The molecule has 1 amide bonds. The molecule has 1 rings (SSSR count). The number of anilines is 1. The van der Waals surface area contributed by atoms with Crippen molar-refractivity contribution < 1.29 is 9.59 Å². The number of rotatable bonds is 2. The number of hydrogen-bond donors (Lipinski definition) is 0. The van der Waals surface area contributed by atoms with Gasteiger partial charge in [0.15, 0.2) is 0 Å². The minimum Gasteiger partial charge on any atom is -0.300 e. The highest BCUT2D eigenvalue weighted by Crippen LogP contribution is 2.25. The van der Waals surface area contributed by atoms with Gasteiger partial charge in [0.25, 0.3) is 5.91 Å². The molecule has 12 heavy (non-hydrogen) atoms. The van der Waals surface area contributed by atoms with E-state index >= 15 is 0 Å². The summed E-state index contributed by atoms with van der Waals surface area (Å²) >= 11 is 1.45. The summed E-state index contributed by atoms with van der Waals surface area (Å²) in [5, 5.41) is 2.71. The molecular formula is C8H9NO2S. The first-order valence-electron chi connectivity index (χ1n) is 3.43. The molecule has 0 atom stereocenters. The van der Waals surface area contributed by atoms with Crippen molar-refractivity contribution in [2.45, 2.75) is 6.92 Å². The summed E-state index contributed by atoms with van der Waals surface area (Å²) in [6.07, 6.45) is 0.319. The summed E-state index contributed by atoms with van der Waals surface area (Å²) in [5.41, 5.74) is 1.01. The Labute approximate surface area is 74.6 Å².